The molecule has 0 saturated heterocycles. The predicted octanol–water partition coefficient (Wildman–Crippen LogP) is 3.94. The summed E-state index contributed by atoms with van der Waals surface area (Å²) in [6.45, 7) is 6.24. The number of aromatic amines is 1. The van der Waals surface area contributed by atoms with Crippen molar-refractivity contribution in [1.29, 1.82) is 0 Å². The number of aromatic nitrogens is 1. The Morgan fingerprint density at radius 3 is 2.64 bits per heavy atom. The Morgan fingerprint density at radius 1 is 1.27 bits per heavy atom. The van der Waals surface area contributed by atoms with Gasteiger partial charge in [-0.2, -0.15) is 0 Å². The molecule has 0 unspecified atom stereocenters. The molecule has 0 radical (unpaired) electrons. The highest BCUT2D eigenvalue weighted by molar-refractivity contribution is 9.09. The summed E-state index contributed by atoms with van der Waals surface area (Å²) < 4.78 is 0. The van der Waals surface area contributed by atoms with E-state index in [1.54, 1.807) is 6.07 Å². The van der Waals surface area contributed by atoms with Gasteiger partial charge < -0.3 is 10.3 Å². The molecular formula is C17H21BrN2O2. The van der Waals surface area contributed by atoms with Gasteiger partial charge in [0.25, 0.3) is 0 Å². The van der Waals surface area contributed by atoms with Gasteiger partial charge in [0.15, 0.2) is 0 Å². The zero-order chi connectivity index (χ0) is 16.3. The number of hydrogen-bond donors (Lipinski definition) is 2. The van der Waals surface area contributed by atoms with E-state index in [-0.39, 0.29) is 16.9 Å². The van der Waals surface area contributed by atoms with Gasteiger partial charge in [0.2, 0.25) is 11.5 Å². The number of pyridine rings is 1. The van der Waals surface area contributed by atoms with Crippen LogP contribution < -0.4 is 10.9 Å². The first-order valence-electron chi connectivity index (χ1n) is 7.34. The van der Waals surface area contributed by atoms with E-state index in [9.17, 15) is 9.59 Å². The van der Waals surface area contributed by atoms with Gasteiger partial charge in [0.1, 0.15) is 0 Å². The van der Waals surface area contributed by atoms with Crippen LogP contribution in [0.1, 0.15) is 39.2 Å². The van der Waals surface area contributed by atoms with E-state index in [0.717, 1.165) is 28.2 Å². The van der Waals surface area contributed by atoms with Crippen LogP contribution in [0.2, 0.25) is 0 Å². The minimum absolute atomic E-state index is 0.0203. The maximum Gasteiger partial charge on any atom is 0.248 e. The first-order valence-corrected chi connectivity index (χ1v) is 8.47. The van der Waals surface area contributed by atoms with E-state index < -0.39 is 0 Å². The van der Waals surface area contributed by atoms with E-state index in [1.165, 1.54) is 0 Å². The van der Waals surface area contributed by atoms with Crippen molar-refractivity contribution in [2.45, 2.75) is 39.0 Å². The predicted molar refractivity (Wildman–Crippen MR) is 94.9 cm³/mol. The van der Waals surface area contributed by atoms with Crippen molar-refractivity contribution >= 4 is 38.4 Å². The molecule has 1 aromatic carbocycles. The summed E-state index contributed by atoms with van der Waals surface area (Å²) in [6.07, 6.45) is 1.27. The number of nitrogens with one attached hydrogen (secondary N) is 2. The van der Waals surface area contributed by atoms with Crippen molar-refractivity contribution in [2.75, 3.05) is 10.6 Å². The van der Waals surface area contributed by atoms with E-state index >= 15 is 0 Å². The minimum Gasteiger partial charge on any atom is -0.326 e. The van der Waals surface area contributed by atoms with E-state index in [2.05, 4.69) is 47.0 Å². The normalized spacial score (nSPS) is 11.6. The van der Waals surface area contributed by atoms with Gasteiger partial charge in [-0.05, 0) is 29.5 Å². The largest absolute Gasteiger partial charge is 0.326 e. The molecule has 0 fully saturated rings. The van der Waals surface area contributed by atoms with Crippen molar-refractivity contribution in [3.63, 3.8) is 0 Å². The zero-order valence-electron chi connectivity index (χ0n) is 13.1. The van der Waals surface area contributed by atoms with E-state index in [4.69, 9.17) is 0 Å². The second-order valence-electron chi connectivity index (χ2n) is 6.40. The fourth-order valence-electron chi connectivity index (χ4n) is 2.41. The highest BCUT2D eigenvalue weighted by Crippen LogP contribution is 2.29. The maximum atomic E-state index is 11.9. The fraction of sp³-hybridized carbons (Fsp3) is 0.412. The number of anilines is 1. The number of rotatable bonds is 4. The van der Waals surface area contributed by atoms with Crippen LogP contribution >= 0.6 is 15.9 Å². The van der Waals surface area contributed by atoms with Gasteiger partial charge in [-0.1, -0.05) is 42.8 Å². The summed E-state index contributed by atoms with van der Waals surface area (Å²) in [7, 11) is 0. The standard InChI is InChI=1S/C17H21BrN2O2/c1-17(2,3)13-10-16(22)20-14-9-11(6-7-12(13)14)19-15(21)5-4-8-18/h6-7,9-10H,4-5,8H2,1-3H3,(H,19,21)(H,20,22). The summed E-state index contributed by atoms with van der Waals surface area (Å²) in [5, 5.41) is 4.68. The number of alkyl halides is 1. The molecule has 5 heteroatoms. The van der Waals surface area contributed by atoms with Gasteiger partial charge in [0.05, 0.1) is 5.52 Å². The van der Waals surface area contributed by atoms with Crippen molar-refractivity contribution in [2.24, 2.45) is 0 Å². The van der Waals surface area contributed by atoms with Crippen LogP contribution in [0.4, 0.5) is 5.69 Å². The Hall–Kier alpha value is -1.62. The van der Waals surface area contributed by atoms with Crippen LogP contribution in [0.15, 0.2) is 29.1 Å². The average Bonchev–Trinajstić information content (AvgIpc) is 2.42. The SMILES string of the molecule is CC(C)(C)c1cc(=O)[nH]c2cc(NC(=O)CCCBr)ccc12. The van der Waals surface area contributed by atoms with Crippen molar-refractivity contribution in [3.8, 4) is 0 Å². The second-order valence-corrected chi connectivity index (χ2v) is 7.19. The number of amides is 1. The molecule has 4 nitrogen and oxygen atoms in total. The summed E-state index contributed by atoms with van der Waals surface area (Å²) >= 11 is 3.31. The average molecular weight is 365 g/mol. The van der Waals surface area contributed by atoms with Gasteiger partial charge in [0, 0.05) is 28.9 Å². The number of halogens is 1. The first-order chi connectivity index (χ1) is 10.3. The monoisotopic (exact) mass is 364 g/mol. The molecule has 22 heavy (non-hydrogen) atoms. The molecule has 0 spiro atoms. The van der Waals surface area contributed by atoms with E-state index in [0.29, 0.717) is 12.1 Å². The van der Waals surface area contributed by atoms with Gasteiger partial charge in [-0.25, -0.2) is 0 Å². The molecule has 0 saturated carbocycles. The Morgan fingerprint density at radius 2 is 2.00 bits per heavy atom. The third kappa shape index (κ3) is 3.97. The molecule has 2 rings (SSSR count). The molecule has 118 valence electrons. The summed E-state index contributed by atoms with van der Waals surface area (Å²) in [5.74, 6) is -0.0203. The Bertz CT molecular complexity index is 744. The third-order valence-corrected chi connectivity index (χ3v) is 4.03. The minimum atomic E-state index is -0.125. The van der Waals surface area contributed by atoms with Crippen LogP contribution in [0.5, 0.6) is 0 Å². The summed E-state index contributed by atoms with van der Waals surface area (Å²) in [6, 6.07) is 7.29. The highest BCUT2D eigenvalue weighted by atomic mass is 79.9. The topological polar surface area (TPSA) is 62.0 Å². The fourth-order valence-corrected chi connectivity index (χ4v) is 2.69. The van der Waals surface area contributed by atoms with Crippen LogP contribution in [0, 0.1) is 0 Å². The quantitative estimate of drug-likeness (QED) is 0.807. The first kappa shape index (κ1) is 16.7. The number of carbonyl (C=O) groups excluding carboxylic acids is 1. The molecule has 2 N–H and O–H groups in total. The number of H-pyrrole nitrogens is 1. The van der Waals surface area contributed by atoms with Gasteiger partial charge in [-0.15, -0.1) is 0 Å². The number of hydrogen-bond acceptors (Lipinski definition) is 2. The molecule has 0 bridgehead atoms. The number of benzene rings is 1. The lowest BCUT2D eigenvalue weighted by atomic mass is 9.85. The maximum absolute atomic E-state index is 11.9. The summed E-state index contributed by atoms with van der Waals surface area (Å²) in [5.41, 5.74) is 2.21. The molecule has 1 amide bonds. The molecule has 0 aliphatic carbocycles. The van der Waals surface area contributed by atoms with Crippen molar-refractivity contribution in [1.82, 2.24) is 4.98 Å². The molecule has 2 aromatic rings. The van der Waals surface area contributed by atoms with Crippen molar-refractivity contribution < 1.29 is 4.79 Å². The van der Waals surface area contributed by atoms with Crippen LogP contribution in [-0.4, -0.2) is 16.2 Å². The zero-order valence-corrected chi connectivity index (χ0v) is 14.7. The van der Waals surface area contributed by atoms with E-state index in [1.807, 2.05) is 18.2 Å². The van der Waals surface area contributed by atoms with Gasteiger partial charge in [-0.3, -0.25) is 9.59 Å². The smallest absolute Gasteiger partial charge is 0.248 e. The van der Waals surface area contributed by atoms with Gasteiger partial charge >= 0.3 is 0 Å². The number of fused-ring (bicyclic) bond motifs is 1. The Kier molecular flexibility index (Phi) is 5.06. The molecular weight excluding hydrogens is 344 g/mol. The lowest BCUT2D eigenvalue weighted by Crippen LogP contribution is -2.17. The van der Waals surface area contributed by atoms with Crippen LogP contribution in [-0.2, 0) is 10.2 Å². The Balaban J connectivity index is 2.39. The molecule has 0 aliphatic heterocycles. The molecule has 0 aliphatic rings. The second kappa shape index (κ2) is 6.65. The highest BCUT2D eigenvalue weighted by Gasteiger charge is 2.18. The Labute approximate surface area is 138 Å². The third-order valence-electron chi connectivity index (χ3n) is 3.47. The molecule has 0 atom stereocenters. The summed E-state index contributed by atoms with van der Waals surface area (Å²) in [4.78, 5) is 26.5. The van der Waals surface area contributed by atoms with Crippen LogP contribution in [0.3, 0.4) is 0 Å². The van der Waals surface area contributed by atoms with Crippen molar-refractivity contribution in [3.05, 3.63) is 40.2 Å². The molecule has 1 heterocycles. The van der Waals surface area contributed by atoms with Crippen LogP contribution in [0.25, 0.3) is 10.9 Å². The number of carbonyl (C=O) groups is 1. The molecule has 1 aromatic heterocycles. The lowest BCUT2D eigenvalue weighted by Gasteiger charge is -2.21. The lowest BCUT2D eigenvalue weighted by molar-refractivity contribution is -0.116.